The van der Waals surface area contributed by atoms with Crippen molar-refractivity contribution < 1.29 is 24.1 Å². The summed E-state index contributed by atoms with van der Waals surface area (Å²) in [6, 6.07) is 17.3. The number of thiol groups is 1. The van der Waals surface area contributed by atoms with Gasteiger partial charge in [0.2, 0.25) is 0 Å². The van der Waals surface area contributed by atoms with Crippen molar-refractivity contribution in [3.63, 3.8) is 0 Å². The fraction of sp³-hybridized carbons (Fsp3) is 0.595. The summed E-state index contributed by atoms with van der Waals surface area (Å²) in [6.45, 7) is 4.44. The minimum absolute atomic E-state index is 0.0441. The van der Waals surface area contributed by atoms with Gasteiger partial charge < -0.3 is 20.3 Å². The Morgan fingerprint density at radius 2 is 1.26 bits per heavy atom. The van der Waals surface area contributed by atoms with Gasteiger partial charge in [0.25, 0.3) is 12.4 Å². The molecule has 2 rings (SSSR count). The summed E-state index contributed by atoms with van der Waals surface area (Å²) in [5.74, 6) is 0.302. The Labute approximate surface area is 284 Å². The van der Waals surface area contributed by atoms with Gasteiger partial charge >= 0.3 is 7.05 Å². The number of nitrogens with one attached hydrogen (secondary N) is 2. The Hall–Kier alpha value is -2.62. The normalized spacial score (nSPS) is 10.5. The second kappa shape index (κ2) is 29.8. The number of benzene rings is 2. The van der Waals surface area contributed by atoms with Crippen LogP contribution in [-0.4, -0.2) is 49.9 Å². The van der Waals surface area contributed by atoms with Crippen LogP contribution in [0.25, 0.3) is 0 Å². The Morgan fingerprint density at radius 3 is 1.85 bits per heavy atom. The molecule has 0 aliphatic carbocycles. The van der Waals surface area contributed by atoms with Gasteiger partial charge in [-0.1, -0.05) is 120 Å². The Balaban J connectivity index is 0.000000533. The number of rotatable bonds is 27. The first-order valence-electron chi connectivity index (χ1n) is 17.5. The van der Waals surface area contributed by atoms with Gasteiger partial charge in [-0.3, -0.25) is 14.4 Å². The molecular formula is C37H59BN2O5S. The van der Waals surface area contributed by atoms with Crippen LogP contribution in [0.2, 0.25) is 6.82 Å². The highest BCUT2D eigenvalue weighted by atomic mass is 32.1. The molecule has 256 valence electrons. The summed E-state index contributed by atoms with van der Waals surface area (Å²) in [4.78, 5) is 34.6. The monoisotopic (exact) mass is 654 g/mol. The lowest BCUT2D eigenvalue weighted by atomic mass is 9.89. The summed E-state index contributed by atoms with van der Waals surface area (Å²) in [6.07, 6.45) is 20.0. The molecule has 0 aliphatic heterocycles. The second-order valence-electron chi connectivity index (χ2n) is 12.0. The van der Waals surface area contributed by atoms with Crippen LogP contribution in [0, 0.1) is 0 Å². The van der Waals surface area contributed by atoms with Gasteiger partial charge in [-0.2, -0.15) is 0 Å². The molecule has 9 heteroatoms. The fourth-order valence-corrected chi connectivity index (χ4v) is 5.37. The van der Waals surface area contributed by atoms with Crippen LogP contribution >= 0.6 is 12.6 Å². The number of ether oxygens (including phenoxy) is 1. The number of unbranched alkanes of at least 4 members (excludes halogenated alkanes) is 14. The summed E-state index contributed by atoms with van der Waals surface area (Å²) in [7, 11) is -0.386. The van der Waals surface area contributed by atoms with Crippen molar-refractivity contribution in [3.05, 3.63) is 65.7 Å². The van der Waals surface area contributed by atoms with Gasteiger partial charge in [0, 0.05) is 24.3 Å². The van der Waals surface area contributed by atoms with Crippen molar-refractivity contribution in [1.82, 2.24) is 10.5 Å². The number of ketones is 1. The molecule has 2 aromatic rings. The summed E-state index contributed by atoms with van der Waals surface area (Å²) in [5.41, 5.74) is 1.75. The van der Waals surface area contributed by atoms with Gasteiger partial charge in [0.15, 0.2) is 0 Å². The number of amides is 1. The van der Waals surface area contributed by atoms with Gasteiger partial charge in [-0.05, 0) is 56.7 Å². The third-order valence-electron chi connectivity index (χ3n) is 7.76. The topological polar surface area (TPSA) is 105 Å². The number of Topliss-reactive ketones (excluding diaryl/α,β-unsaturated/α-hetero) is 1. The zero-order valence-corrected chi connectivity index (χ0v) is 29.1. The SMILES string of the molecule is CB(O)NCCCCCCCCCCOC=O.O=C(CCCCCCCCCCNC(=O)c1ccccc1S)Cc1ccccc1. The molecule has 0 fully saturated rings. The summed E-state index contributed by atoms with van der Waals surface area (Å²) >= 11 is 4.32. The van der Waals surface area contributed by atoms with E-state index in [1.54, 1.807) is 12.9 Å². The number of hydrogen-bond acceptors (Lipinski definition) is 7. The van der Waals surface area contributed by atoms with E-state index in [1.807, 2.05) is 48.5 Å². The maximum absolute atomic E-state index is 12.1. The third-order valence-corrected chi connectivity index (χ3v) is 8.15. The van der Waals surface area contributed by atoms with Crippen LogP contribution in [0.3, 0.4) is 0 Å². The highest BCUT2D eigenvalue weighted by Crippen LogP contribution is 2.14. The molecule has 0 aromatic heterocycles. The Morgan fingerprint density at radius 1 is 0.739 bits per heavy atom. The van der Waals surface area contributed by atoms with Crippen molar-refractivity contribution >= 4 is 37.8 Å². The van der Waals surface area contributed by atoms with Gasteiger partial charge in [0.1, 0.15) is 5.78 Å². The number of hydrogen-bond donors (Lipinski definition) is 4. The van der Waals surface area contributed by atoms with Crippen molar-refractivity contribution in [2.75, 3.05) is 19.7 Å². The quantitative estimate of drug-likeness (QED) is 0.0337. The predicted molar refractivity (Wildman–Crippen MR) is 194 cm³/mol. The number of carbonyl (C=O) groups excluding carboxylic acids is 3. The molecule has 0 aliphatic rings. The van der Waals surface area contributed by atoms with Gasteiger partial charge in [-0.15, -0.1) is 12.6 Å². The Kier molecular flexibility index (Phi) is 26.8. The molecule has 0 unspecified atom stereocenters. The van der Waals surface area contributed by atoms with Crippen molar-refractivity contribution in [2.45, 2.75) is 127 Å². The molecule has 46 heavy (non-hydrogen) atoms. The summed E-state index contributed by atoms with van der Waals surface area (Å²) in [5, 5.41) is 14.9. The van der Waals surface area contributed by atoms with Gasteiger partial charge in [-0.25, -0.2) is 0 Å². The lowest BCUT2D eigenvalue weighted by Gasteiger charge is -2.07. The lowest BCUT2D eigenvalue weighted by molar-refractivity contribution is -0.128. The van der Waals surface area contributed by atoms with Crippen LogP contribution in [0.5, 0.6) is 0 Å². The minimum Gasteiger partial charge on any atom is -0.468 e. The van der Waals surface area contributed by atoms with Crippen molar-refractivity contribution in [3.8, 4) is 0 Å². The van der Waals surface area contributed by atoms with E-state index in [1.165, 1.54) is 57.8 Å². The molecule has 1 amide bonds. The van der Waals surface area contributed by atoms with E-state index in [0.717, 1.165) is 57.1 Å². The third kappa shape index (κ3) is 24.6. The second-order valence-corrected chi connectivity index (χ2v) is 12.5. The first kappa shape index (κ1) is 41.4. The maximum Gasteiger partial charge on any atom is 0.373 e. The Bertz CT molecular complexity index is 1040. The van der Waals surface area contributed by atoms with Crippen LogP contribution in [-0.2, 0) is 20.7 Å². The molecule has 0 bridgehead atoms. The average molecular weight is 655 g/mol. The standard InChI is InChI=1S/C25H33NO2S.C12H26BNO3/c27-22(20-21-14-8-7-9-15-21)16-10-5-3-1-2-4-6-13-19-26-25(28)23-17-11-12-18-24(23)29;1-13(16)14-10-8-6-4-2-3-5-7-9-11-17-12-15/h7-9,11-12,14-15,17-18,29H,1-6,10,13,16,19-20H2,(H,26,28);12,14,16H,2-11H2,1H3. The molecule has 0 saturated carbocycles. The molecule has 0 saturated heterocycles. The zero-order chi connectivity index (χ0) is 33.5. The molecule has 0 radical (unpaired) electrons. The van der Waals surface area contributed by atoms with Crippen LogP contribution in [0.1, 0.15) is 125 Å². The highest BCUT2D eigenvalue weighted by Gasteiger charge is 2.07. The van der Waals surface area contributed by atoms with E-state index in [2.05, 4.69) is 27.9 Å². The number of carbonyl (C=O) groups is 3. The average Bonchev–Trinajstić information content (AvgIpc) is 3.05. The zero-order valence-electron chi connectivity index (χ0n) is 28.2. The van der Waals surface area contributed by atoms with Crippen LogP contribution in [0.4, 0.5) is 0 Å². The molecule has 0 spiro atoms. The fourth-order valence-electron chi connectivity index (χ4n) is 5.11. The lowest BCUT2D eigenvalue weighted by Crippen LogP contribution is -2.31. The van der Waals surface area contributed by atoms with E-state index < -0.39 is 0 Å². The van der Waals surface area contributed by atoms with Crippen LogP contribution < -0.4 is 10.5 Å². The molecule has 2 aromatic carbocycles. The first-order valence-corrected chi connectivity index (χ1v) is 18.0. The highest BCUT2D eigenvalue weighted by molar-refractivity contribution is 7.80. The minimum atomic E-state index is -0.386. The van der Waals surface area contributed by atoms with E-state index in [9.17, 15) is 14.4 Å². The molecule has 0 atom stereocenters. The molecule has 7 nitrogen and oxygen atoms in total. The largest absolute Gasteiger partial charge is 0.468 e. The van der Waals surface area contributed by atoms with E-state index >= 15 is 0 Å². The summed E-state index contributed by atoms with van der Waals surface area (Å²) < 4.78 is 4.62. The van der Waals surface area contributed by atoms with E-state index in [4.69, 9.17) is 5.02 Å². The first-order chi connectivity index (χ1) is 22.4. The smallest absolute Gasteiger partial charge is 0.373 e. The van der Waals surface area contributed by atoms with E-state index in [-0.39, 0.29) is 13.0 Å². The molecular weight excluding hydrogens is 595 g/mol. The van der Waals surface area contributed by atoms with E-state index in [0.29, 0.717) is 48.7 Å². The van der Waals surface area contributed by atoms with Gasteiger partial charge in [0.05, 0.1) is 12.2 Å². The molecule has 3 N–H and O–H groups in total. The predicted octanol–water partition coefficient (Wildman–Crippen LogP) is 8.01. The van der Waals surface area contributed by atoms with Crippen LogP contribution in [0.15, 0.2) is 59.5 Å². The van der Waals surface area contributed by atoms with Crippen molar-refractivity contribution in [2.24, 2.45) is 0 Å². The maximum atomic E-state index is 12.1. The van der Waals surface area contributed by atoms with Crippen molar-refractivity contribution in [1.29, 1.82) is 0 Å². The molecule has 0 heterocycles.